The van der Waals surface area contributed by atoms with Gasteiger partial charge in [0.1, 0.15) is 0 Å². The van der Waals surface area contributed by atoms with Crippen LogP contribution in [-0.2, 0) is 19.5 Å². The maximum atomic E-state index is 9.83. The summed E-state index contributed by atoms with van der Waals surface area (Å²) in [6.07, 6.45) is 0. The van der Waals surface area contributed by atoms with Crippen LogP contribution >= 0.6 is 0 Å². The molecule has 0 aliphatic carbocycles. The molecule has 1 aromatic rings. The van der Waals surface area contributed by atoms with Crippen LogP contribution in [0.15, 0.2) is 30.3 Å². The SMILES string of the molecule is [CH3-].[F][Ti]([F])[F].c1cc[cH-]c1. The normalized spacial score (nSPS) is 6.70. The van der Waals surface area contributed by atoms with E-state index in [-0.39, 0.29) is 7.43 Å². The van der Waals surface area contributed by atoms with Gasteiger partial charge in [-0.25, -0.2) is 12.1 Å². The van der Waals surface area contributed by atoms with Crippen LogP contribution < -0.4 is 0 Å². The minimum Gasteiger partial charge on any atom is -0.214 e. The molecule has 0 nitrogen and oxygen atoms in total. The summed E-state index contributed by atoms with van der Waals surface area (Å²) in [6, 6.07) is 10.0. The summed E-state index contributed by atoms with van der Waals surface area (Å²) < 4.78 is 29.5. The first kappa shape index (κ1) is 12.5. The van der Waals surface area contributed by atoms with Crippen LogP contribution in [0.4, 0.5) is 9.28 Å². The average molecular weight is 185 g/mol. The Morgan fingerprint density at radius 1 is 1.00 bits per heavy atom. The molecule has 0 atom stereocenters. The van der Waals surface area contributed by atoms with E-state index in [2.05, 4.69) is 0 Å². The fraction of sp³-hybridized carbons (Fsp3) is 0. The molecule has 0 aliphatic heterocycles. The third kappa shape index (κ3) is 15.7. The fourth-order valence-electron chi connectivity index (χ4n) is 0.321. The van der Waals surface area contributed by atoms with Crippen LogP contribution in [0.25, 0.3) is 0 Å². The van der Waals surface area contributed by atoms with Gasteiger partial charge in [0.15, 0.2) is 0 Å². The summed E-state index contributed by atoms with van der Waals surface area (Å²) in [5.41, 5.74) is 0. The second-order valence-electron chi connectivity index (χ2n) is 1.18. The van der Waals surface area contributed by atoms with Crippen molar-refractivity contribution >= 4 is 0 Å². The number of hydrogen-bond donors (Lipinski definition) is 0. The summed E-state index contributed by atoms with van der Waals surface area (Å²) in [4.78, 5) is 0. The zero-order valence-corrected chi connectivity index (χ0v) is 7.08. The molecule has 0 fully saturated rings. The molecule has 0 heterocycles. The molecule has 0 radical (unpaired) electrons. The van der Waals surface area contributed by atoms with Crippen LogP contribution in [0, 0.1) is 7.43 Å². The largest absolute Gasteiger partial charge is 0.214 e. The van der Waals surface area contributed by atoms with Crippen molar-refractivity contribution < 1.29 is 28.8 Å². The molecular formula is C6H8F3Ti-2. The van der Waals surface area contributed by atoms with Crippen molar-refractivity contribution in [2.75, 3.05) is 0 Å². The van der Waals surface area contributed by atoms with E-state index in [0.717, 1.165) is 0 Å². The predicted molar refractivity (Wildman–Crippen MR) is 31.8 cm³/mol. The molecule has 0 bridgehead atoms. The molecule has 0 unspecified atom stereocenters. The van der Waals surface area contributed by atoms with E-state index >= 15 is 0 Å². The standard InChI is InChI=1S/C5H5.CH3.3FH.Ti/c1-2-4-5-3-1;;;;;/h1-5H;1H3;3*1H;/q2*-1;;;;+3/p-3. The average Bonchev–Trinajstić information content (AvgIpc) is 2.11. The Bertz CT molecular complexity index is 96.6. The maximum absolute atomic E-state index is 9.83. The Hall–Kier alpha value is -0.146. The van der Waals surface area contributed by atoms with Crippen molar-refractivity contribution in [3.05, 3.63) is 37.8 Å². The van der Waals surface area contributed by atoms with Crippen LogP contribution in [0.3, 0.4) is 0 Å². The molecule has 59 valence electrons. The van der Waals surface area contributed by atoms with Gasteiger partial charge in [0.2, 0.25) is 0 Å². The van der Waals surface area contributed by atoms with Crippen molar-refractivity contribution in [1.82, 2.24) is 0 Å². The summed E-state index contributed by atoms with van der Waals surface area (Å²) >= 11 is -4.83. The van der Waals surface area contributed by atoms with Gasteiger partial charge in [-0.15, -0.1) is 0 Å². The van der Waals surface area contributed by atoms with Gasteiger partial charge in [-0.1, -0.05) is 0 Å². The zero-order chi connectivity index (χ0) is 7.11. The summed E-state index contributed by atoms with van der Waals surface area (Å²) in [6.45, 7) is 0. The summed E-state index contributed by atoms with van der Waals surface area (Å²) in [7, 11) is 0. The van der Waals surface area contributed by atoms with Gasteiger partial charge in [-0.3, -0.25) is 0 Å². The molecule has 10 heavy (non-hydrogen) atoms. The van der Waals surface area contributed by atoms with Crippen molar-refractivity contribution in [1.29, 1.82) is 0 Å². The van der Waals surface area contributed by atoms with Gasteiger partial charge in [-0.05, 0) is 0 Å². The molecular weight excluding hydrogens is 177 g/mol. The molecule has 1 aromatic carbocycles. The first-order valence-corrected chi connectivity index (χ1v) is 4.00. The van der Waals surface area contributed by atoms with Crippen molar-refractivity contribution in [3.63, 3.8) is 0 Å². The van der Waals surface area contributed by atoms with Gasteiger partial charge in [0, 0.05) is 0 Å². The van der Waals surface area contributed by atoms with E-state index in [1.54, 1.807) is 0 Å². The van der Waals surface area contributed by atoms with Gasteiger partial charge in [0.05, 0.1) is 0 Å². The van der Waals surface area contributed by atoms with Crippen LogP contribution in [-0.4, -0.2) is 0 Å². The second-order valence-corrected chi connectivity index (χ2v) is 1.85. The fourth-order valence-corrected chi connectivity index (χ4v) is 0.321. The molecule has 0 saturated heterocycles. The molecule has 0 amide bonds. The van der Waals surface area contributed by atoms with Crippen LogP contribution in [0.5, 0.6) is 0 Å². The monoisotopic (exact) mass is 185 g/mol. The molecule has 4 heteroatoms. The Balaban J connectivity index is 0. The minimum atomic E-state index is -4.83. The van der Waals surface area contributed by atoms with E-state index < -0.39 is 19.5 Å². The Labute approximate surface area is 66.9 Å². The van der Waals surface area contributed by atoms with Gasteiger partial charge < -0.3 is 7.43 Å². The first-order chi connectivity index (χ1) is 4.23. The number of hydrogen-bond acceptors (Lipinski definition) is 0. The second kappa shape index (κ2) is 8.85. The third-order valence-electron chi connectivity index (χ3n) is 0.556. The van der Waals surface area contributed by atoms with Crippen molar-refractivity contribution in [3.8, 4) is 0 Å². The van der Waals surface area contributed by atoms with E-state index in [9.17, 15) is 9.28 Å². The molecule has 0 spiro atoms. The van der Waals surface area contributed by atoms with Crippen LogP contribution in [0.1, 0.15) is 0 Å². The van der Waals surface area contributed by atoms with Gasteiger partial charge in [0.25, 0.3) is 0 Å². The number of halogens is 3. The van der Waals surface area contributed by atoms with E-state index in [0.29, 0.717) is 0 Å². The summed E-state index contributed by atoms with van der Waals surface area (Å²) in [5.74, 6) is 0. The molecule has 0 saturated carbocycles. The quantitative estimate of drug-likeness (QED) is 0.430. The third-order valence-corrected chi connectivity index (χ3v) is 0.556. The van der Waals surface area contributed by atoms with E-state index in [4.69, 9.17) is 0 Å². The zero-order valence-electron chi connectivity index (χ0n) is 5.52. The van der Waals surface area contributed by atoms with E-state index in [1.165, 1.54) is 0 Å². The van der Waals surface area contributed by atoms with Crippen molar-refractivity contribution in [2.24, 2.45) is 0 Å². The first-order valence-electron chi connectivity index (χ1n) is 2.23. The smallest absolute Gasteiger partial charge is 0.172 e. The Kier molecular flexibility index (Phi) is 11.1. The van der Waals surface area contributed by atoms with Gasteiger partial charge in [-0.2, -0.15) is 18.2 Å². The molecule has 0 aromatic heterocycles. The Morgan fingerprint density at radius 3 is 1.40 bits per heavy atom. The molecule has 0 N–H and O–H groups in total. The predicted octanol–water partition coefficient (Wildman–Crippen LogP) is 3.11. The maximum Gasteiger partial charge on any atom is -0.172 e. The topological polar surface area (TPSA) is 0 Å². The van der Waals surface area contributed by atoms with Crippen molar-refractivity contribution in [2.45, 2.75) is 0 Å². The molecule has 1 rings (SSSR count). The van der Waals surface area contributed by atoms with Gasteiger partial charge >= 0.3 is 28.8 Å². The van der Waals surface area contributed by atoms with Crippen LogP contribution in [0.2, 0.25) is 0 Å². The number of rotatable bonds is 0. The molecule has 0 aliphatic rings. The Morgan fingerprint density at radius 2 is 1.30 bits per heavy atom. The minimum absolute atomic E-state index is 0. The summed E-state index contributed by atoms with van der Waals surface area (Å²) in [5, 5.41) is 0. The van der Waals surface area contributed by atoms with E-state index in [1.807, 2.05) is 30.3 Å².